The minimum atomic E-state index is -3.72. The van der Waals surface area contributed by atoms with Gasteiger partial charge in [-0.2, -0.15) is 0 Å². The van der Waals surface area contributed by atoms with E-state index in [1.807, 2.05) is 6.07 Å². The molecule has 2 aliphatic heterocycles. The number of rotatable bonds is 2. The molecule has 1 N–H and O–H groups in total. The van der Waals surface area contributed by atoms with Gasteiger partial charge in [0, 0.05) is 24.7 Å². The van der Waals surface area contributed by atoms with Crippen molar-refractivity contribution in [3.8, 4) is 0 Å². The summed E-state index contributed by atoms with van der Waals surface area (Å²) in [6, 6.07) is 10.9. The second-order valence-corrected chi connectivity index (χ2v) is 8.74. The zero-order valence-corrected chi connectivity index (χ0v) is 14.9. The molecule has 25 heavy (non-hydrogen) atoms. The Hall–Kier alpha value is -1.92. The Morgan fingerprint density at radius 3 is 2.64 bits per heavy atom. The van der Waals surface area contributed by atoms with Crippen LogP contribution < -0.4 is 10.2 Å². The maximum atomic E-state index is 13.5. The molecule has 0 radical (unpaired) electrons. The van der Waals surface area contributed by atoms with Crippen molar-refractivity contribution in [3.05, 3.63) is 53.8 Å². The Morgan fingerprint density at radius 2 is 1.84 bits per heavy atom. The molecular formula is C19H21FN2O2S. The molecule has 4 nitrogen and oxygen atoms in total. The number of fused-ring (bicyclic) bond motifs is 3. The molecule has 1 fully saturated rings. The largest absolute Gasteiger partial charge is 0.371 e. The van der Waals surface area contributed by atoms with Gasteiger partial charge in [0.15, 0.2) is 0 Å². The zero-order chi connectivity index (χ0) is 17.6. The first-order valence-corrected chi connectivity index (χ1v) is 10.0. The standard InChI is InChI=1S/C19H21FN2O2S/c1-22-18-6-5-15(25(23,24)14-4-2-3-13(20)11-14)12-17(18)16-7-9-21-10-8-19(16)22/h2-6,11-12,16,19,21H,7-10H2,1H3/t16-,19+/m1/s1. The minimum Gasteiger partial charge on any atom is -0.371 e. The van der Waals surface area contributed by atoms with Gasteiger partial charge in [0.2, 0.25) is 9.84 Å². The molecule has 0 aliphatic carbocycles. The van der Waals surface area contributed by atoms with E-state index in [-0.39, 0.29) is 9.79 Å². The predicted octanol–water partition coefficient (Wildman–Crippen LogP) is 2.94. The fourth-order valence-corrected chi connectivity index (χ4v) is 5.45. The summed E-state index contributed by atoms with van der Waals surface area (Å²) in [4.78, 5) is 2.51. The summed E-state index contributed by atoms with van der Waals surface area (Å²) in [6.07, 6.45) is 2.04. The van der Waals surface area contributed by atoms with E-state index in [2.05, 4.69) is 17.3 Å². The first-order valence-electron chi connectivity index (χ1n) is 8.56. The smallest absolute Gasteiger partial charge is 0.206 e. The molecule has 0 spiro atoms. The topological polar surface area (TPSA) is 49.4 Å². The van der Waals surface area contributed by atoms with Gasteiger partial charge in [-0.1, -0.05) is 6.07 Å². The molecule has 0 unspecified atom stereocenters. The zero-order valence-electron chi connectivity index (χ0n) is 14.1. The lowest BCUT2D eigenvalue weighted by Gasteiger charge is -2.24. The number of sulfone groups is 1. The lowest BCUT2D eigenvalue weighted by Crippen LogP contribution is -2.30. The monoisotopic (exact) mass is 360 g/mol. The van der Waals surface area contributed by atoms with E-state index in [0.29, 0.717) is 12.0 Å². The second kappa shape index (κ2) is 6.11. The Labute approximate surface area is 147 Å². The van der Waals surface area contributed by atoms with Crippen molar-refractivity contribution in [1.82, 2.24) is 5.32 Å². The van der Waals surface area contributed by atoms with E-state index in [1.54, 1.807) is 12.1 Å². The van der Waals surface area contributed by atoms with Crippen molar-refractivity contribution in [2.45, 2.75) is 34.6 Å². The molecule has 0 bridgehead atoms. The van der Waals surface area contributed by atoms with E-state index in [4.69, 9.17) is 0 Å². The average Bonchev–Trinajstić information content (AvgIpc) is 2.77. The summed E-state index contributed by atoms with van der Waals surface area (Å²) >= 11 is 0. The van der Waals surface area contributed by atoms with Crippen LogP contribution in [0.1, 0.15) is 24.3 Å². The SMILES string of the molecule is CN1c2ccc(S(=O)(=O)c3cccc(F)c3)cc2[C@H]2CCNCC[C@@H]21. The van der Waals surface area contributed by atoms with Crippen LogP contribution >= 0.6 is 0 Å². The molecule has 132 valence electrons. The van der Waals surface area contributed by atoms with Crippen molar-refractivity contribution in [3.63, 3.8) is 0 Å². The van der Waals surface area contributed by atoms with Gasteiger partial charge < -0.3 is 10.2 Å². The van der Waals surface area contributed by atoms with Crippen molar-refractivity contribution >= 4 is 15.5 Å². The van der Waals surface area contributed by atoms with Crippen LogP contribution in [0.15, 0.2) is 52.3 Å². The number of benzene rings is 2. The highest BCUT2D eigenvalue weighted by atomic mass is 32.2. The van der Waals surface area contributed by atoms with Gasteiger partial charge in [0.05, 0.1) is 9.79 Å². The van der Waals surface area contributed by atoms with Crippen LogP contribution in [-0.2, 0) is 9.84 Å². The average molecular weight is 360 g/mol. The van der Waals surface area contributed by atoms with Gasteiger partial charge in [-0.3, -0.25) is 0 Å². The van der Waals surface area contributed by atoms with E-state index in [1.165, 1.54) is 18.2 Å². The van der Waals surface area contributed by atoms with Gasteiger partial charge in [-0.15, -0.1) is 0 Å². The normalized spacial score (nSPS) is 23.0. The lowest BCUT2D eigenvalue weighted by atomic mass is 9.91. The van der Waals surface area contributed by atoms with Gasteiger partial charge in [-0.25, -0.2) is 12.8 Å². The molecule has 2 heterocycles. The Balaban J connectivity index is 1.78. The molecule has 2 atom stereocenters. The molecular weight excluding hydrogens is 339 g/mol. The van der Waals surface area contributed by atoms with E-state index >= 15 is 0 Å². The molecule has 2 aliphatic rings. The summed E-state index contributed by atoms with van der Waals surface area (Å²) in [6.45, 7) is 1.92. The van der Waals surface area contributed by atoms with Crippen LogP contribution in [0, 0.1) is 5.82 Å². The predicted molar refractivity (Wildman–Crippen MR) is 95.3 cm³/mol. The highest BCUT2D eigenvalue weighted by Crippen LogP contribution is 2.44. The molecule has 0 amide bonds. The number of likely N-dealkylation sites (N-methyl/N-ethyl adjacent to an activating group) is 1. The highest BCUT2D eigenvalue weighted by molar-refractivity contribution is 7.91. The van der Waals surface area contributed by atoms with Gasteiger partial charge in [0.25, 0.3) is 0 Å². The third kappa shape index (κ3) is 2.73. The van der Waals surface area contributed by atoms with Crippen LogP contribution in [0.2, 0.25) is 0 Å². The first kappa shape index (κ1) is 16.5. The number of hydrogen-bond acceptors (Lipinski definition) is 4. The fourth-order valence-electron chi connectivity index (χ4n) is 4.12. The van der Waals surface area contributed by atoms with E-state index < -0.39 is 15.7 Å². The van der Waals surface area contributed by atoms with Crippen molar-refractivity contribution in [2.75, 3.05) is 25.0 Å². The van der Waals surface area contributed by atoms with Gasteiger partial charge >= 0.3 is 0 Å². The maximum Gasteiger partial charge on any atom is 0.206 e. The van der Waals surface area contributed by atoms with Crippen LogP contribution in [0.25, 0.3) is 0 Å². The van der Waals surface area contributed by atoms with Crippen molar-refractivity contribution in [1.29, 1.82) is 0 Å². The number of nitrogens with one attached hydrogen (secondary N) is 1. The van der Waals surface area contributed by atoms with Gasteiger partial charge in [-0.05, 0) is 67.9 Å². The van der Waals surface area contributed by atoms with Crippen LogP contribution in [0.3, 0.4) is 0 Å². The van der Waals surface area contributed by atoms with Crippen LogP contribution in [-0.4, -0.2) is 34.6 Å². The third-order valence-electron chi connectivity index (χ3n) is 5.41. The lowest BCUT2D eigenvalue weighted by molar-refractivity contribution is 0.531. The maximum absolute atomic E-state index is 13.5. The molecule has 4 rings (SSSR count). The summed E-state index contributed by atoms with van der Waals surface area (Å²) in [7, 11) is -1.64. The highest BCUT2D eigenvalue weighted by Gasteiger charge is 2.37. The molecule has 2 aromatic rings. The van der Waals surface area contributed by atoms with Crippen LogP contribution in [0.4, 0.5) is 10.1 Å². The number of halogens is 1. The van der Waals surface area contributed by atoms with Crippen molar-refractivity contribution in [2.24, 2.45) is 0 Å². The summed E-state index contributed by atoms with van der Waals surface area (Å²) in [5.41, 5.74) is 2.20. The summed E-state index contributed by atoms with van der Waals surface area (Å²) in [5, 5.41) is 3.42. The third-order valence-corrected chi connectivity index (χ3v) is 7.16. The molecule has 0 saturated carbocycles. The second-order valence-electron chi connectivity index (χ2n) is 6.79. The molecule has 1 saturated heterocycles. The number of nitrogens with zero attached hydrogens (tertiary/aromatic N) is 1. The van der Waals surface area contributed by atoms with Gasteiger partial charge in [0.1, 0.15) is 5.82 Å². The number of hydrogen-bond donors (Lipinski definition) is 1. The Bertz CT molecular complexity index is 913. The minimum absolute atomic E-state index is 0.00196. The van der Waals surface area contributed by atoms with Crippen molar-refractivity contribution < 1.29 is 12.8 Å². The number of anilines is 1. The Kier molecular flexibility index (Phi) is 4.04. The van der Waals surface area contributed by atoms with E-state index in [9.17, 15) is 12.8 Å². The van der Waals surface area contributed by atoms with Crippen LogP contribution in [0.5, 0.6) is 0 Å². The fraction of sp³-hybridized carbons (Fsp3) is 0.368. The summed E-state index contributed by atoms with van der Waals surface area (Å²) < 4.78 is 39.3. The molecule has 6 heteroatoms. The Morgan fingerprint density at radius 1 is 1.08 bits per heavy atom. The first-order chi connectivity index (χ1) is 12.0. The molecule has 2 aromatic carbocycles. The molecule has 0 aromatic heterocycles. The summed E-state index contributed by atoms with van der Waals surface area (Å²) in [5.74, 6) is -0.213. The quantitative estimate of drug-likeness (QED) is 0.895. The van der Waals surface area contributed by atoms with E-state index in [0.717, 1.165) is 43.2 Å².